The summed E-state index contributed by atoms with van der Waals surface area (Å²) < 4.78 is 0. The first kappa shape index (κ1) is 15.3. The number of aromatic nitrogens is 1. The second-order valence-electron chi connectivity index (χ2n) is 3.02. The second kappa shape index (κ2) is 9.54. The SMILES string of the molecule is CCN(CC)N=O.Cc1ncsc1CCCl. The number of aryl methyl sites for hydroxylation is 2. The Bertz CT molecular complexity index is 289. The van der Waals surface area contributed by atoms with Gasteiger partial charge in [0.2, 0.25) is 0 Å². The molecule has 0 aromatic carbocycles. The average molecular weight is 264 g/mol. The Morgan fingerprint density at radius 1 is 1.50 bits per heavy atom. The topological polar surface area (TPSA) is 45.6 Å². The molecular formula is C10H18ClN3OS. The molecule has 0 N–H and O–H groups in total. The highest BCUT2D eigenvalue weighted by molar-refractivity contribution is 7.09. The molecule has 0 aliphatic rings. The maximum Gasteiger partial charge on any atom is 0.0797 e. The predicted molar refractivity (Wildman–Crippen MR) is 70.0 cm³/mol. The van der Waals surface area contributed by atoms with Crippen molar-refractivity contribution in [1.29, 1.82) is 0 Å². The number of alkyl halides is 1. The molecular weight excluding hydrogens is 246 g/mol. The third-order valence-corrected chi connectivity index (χ3v) is 3.20. The van der Waals surface area contributed by atoms with E-state index in [-0.39, 0.29) is 0 Å². The van der Waals surface area contributed by atoms with Gasteiger partial charge < -0.3 is 0 Å². The molecule has 0 spiro atoms. The summed E-state index contributed by atoms with van der Waals surface area (Å²) in [7, 11) is 0. The number of thiazole rings is 1. The van der Waals surface area contributed by atoms with Crippen LogP contribution >= 0.6 is 22.9 Å². The Morgan fingerprint density at radius 2 is 2.12 bits per heavy atom. The van der Waals surface area contributed by atoms with Crippen LogP contribution in [0, 0.1) is 11.8 Å². The molecule has 0 atom stereocenters. The van der Waals surface area contributed by atoms with E-state index in [1.54, 1.807) is 11.3 Å². The number of nitroso groups, excluding NO2 is 1. The van der Waals surface area contributed by atoms with Crippen LogP contribution in [0.25, 0.3) is 0 Å². The minimum atomic E-state index is 0.697. The number of rotatable bonds is 5. The lowest BCUT2D eigenvalue weighted by Crippen LogP contribution is -2.14. The minimum Gasteiger partial charge on any atom is -0.261 e. The second-order valence-corrected chi connectivity index (χ2v) is 4.34. The lowest BCUT2D eigenvalue weighted by molar-refractivity contribution is 0.317. The lowest BCUT2D eigenvalue weighted by Gasteiger charge is -2.06. The molecule has 0 amide bonds. The van der Waals surface area contributed by atoms with Gasteiger partial charge in [0.1, 0.15) is 0 Å². The minimum absolute atomic E-state index is 0.697. The summed E-state index contributed by atoms with van der Waals surface area (Å²) in [6.45, 7) is 7.22. The molecule has 16 heavy (non-hydrogen) atoms. The van der Waals surface area contributed by atoms with Crippen molar-refractivity contribution in [3.05, 3.63) is 21.0 Å². The highest BCUT2D eigenvalue weighted by Crippen LogP contribution is 2.12. The molecule has 92 valence electrons. The van der Waals surface area contributed by atoms with E-state index in [9.17, 15) is 4.91 Å². The van der Waals surface area contributed by atoms with Crippen molar-refractivity contribution in [2.75, 3.05) is 19.0 Å². The van der Waals surface area contributed by atoms with Crippen LogP contribution in [0.15, 0.2) is 10.8 Å². The summed E-state index contributed by atoms with van der Waals surface area (Å²) in [4.78, 5) is 15.0. The van der Waals surface area contributed by atoms with Crippen molar-refractivity contribution in [1.82, 2.24) is 9.99 Å². The first-order valence-corrected chi connectivity index (χ1v) is 6.64. The first-order valence-electron chi connectivity index (χ1n) is 5.22. The van der Waals surface area contributed by atoms with Gasteiger partial charge in [-0.05, 0) is 27.2 Å². The molecule has 1 aromatic rings. The van der Waals surface area contributed by atoms with Gasteiger partial charge in [-0.15, -0.1) is 27.8 Å². The van der Waals surface area contributed by atoms with Crippen molar-refractivity contribution >= 4 is 22.9 Å². The highest BCUT2D eigenvalue weighted by atomic mass is 35.5. The predicted octanol–water partition coefficient (Wildman–Crippen LogP) is 3.24. The van der Waals surface area contributed by atoms with E-state index >= 15 is 0 Å². The number of hydrogen-bond acceptors (Lipinski definition) is 4. The highest BCUT2D eigenvalue weighted by Gasteiger charge is 1.97. The molecule has 1 rings (SSSR count). The quantitative estimate of drug-likeness (QED) is 0.465. The maximum atomic E-state index is 9.64. The Labute approximate surface area is 106 Å². The van der Waals surface area contributed by atoms with E-state index in [0.717, 1.165) is 12.1 Å². The third-order valence-electron chi connectivity index (χ3n) is 2.01. The summed E-state index contributed by atoms with van der Waals surface area (Å²) in [6, 6.07) is 0. The van der Waals surface area contributed by atoms with Crippen LogP contribution in [0.5, 0.6) is 0 Å². The Hall–Kier alpha value is -0.680. The van der Waals surface area contributed by atoms with Crippen molar-refractivity contribution in [2.24, 2.45) is 5.29 Å². The van der Waals surface area contributed by atoms with Crippen LogP contribution in [0.3, 0.4) is 0 Å². The number of nitrogens with zero attached hydrogens (tertiary/aromatic N) is 3. The zero-order valence-electron chi connectivity index (χ0n) is 9.94. The zero-order valence-corrected chi connectivity index (χ0v) is 11.5. The molecule has 0 aliphatic carbocycles. The maximum absolute atomic E-state index is 9.64. The van der Waals surface area contributed by atoms with E-state index in [1.165, 1.54) is 9.89 Å². The zero-order chi connectivity index (χ0) is 12.4. The van der Waals surface area contributed by atoms with Crippen LogP contribution < -0.4 is 0 Å². The molecule has 0 saturated heterocycles. The summed E-state index contributed by atoms with van der Waals surface area (Å²) in [6.07, 6.45) is 0.956. The standard InChI is InChI=1S/C6H8ClNS.C4H10N2O/c1-5-6(2-3-7)9-4-8-5;1-3-6(4-2)5-7/h4H,2-3H2,1H3;3-4H2,1-2H3. The lowest BCUT2D eigenvalue weighted by atomic mass is 10.3. The van der Waals surface area contributed by atoms with E-state index < -0.39 is 0 Å². The Kier molecular flexibility index (Phi) is 9.13. The summed E-state index contributed by atoms with van der Waals surface area (Å²) in [5, 5.41) is 4.15. The van der Waals surface area contributed by atoms with Gasteiger partial charge in [-0.1, -0.05) is 0 Å². The monoisotopic (exact) mass is 263 g/mol. The van der Waals surface area contributed by atoms with Crippen molar-refractivity contribution < 1.29 is 0 Å². The average Bonchev–Trinajstić information content (AvgIpc) is 2.69. The van der Waals surface area contributed by atoms with Gasteiger partial charge >= 0.3 is 0 Å². The number of hydrogen-bond donors (Lipinski definition) is 0. The van der Waals surface area contributed by atoms with Gasteiger partial charge in [-0.3, -0.25) is 5.01 Å². The van der Waals surface area contributed by atoms with Gasteiger partial charge in [0.25, 0.3) is 0 Å². The van der Waals surface area contributed by atoms with E-state index in [4.69, 9.17) is 11.6 Å². The molecule has 0 radical (unpaired) electrons. The van der Waals surface area contributed by atoms with Gasteiger partial charge in [0.15, 0.2) is 0 Å². The van der Waals surface area contributed by atoms with Gasteiger partial charge in [0.05, 0.1) is 16.5 Å². The first-order chi connectivity index (χ1) is 7.69. The fourth-order valence-corrected chi connectivity index (χ4v) is 2.07. The van der Waals surface area contributed by atoms with Gasteiger partial charge in [-0.2, -0.15) is 0 Å². The molecule has 6 heteroatoms. The van der Waals surface area contributed by atoms with E-state index in [2.05, 4.69) is 10.3 Å². The molecule has 0 bridgehead atoms. The largest absolute Gasteiger partial charge is 0.261 e. The molecule has 0 aliphatic heterocycles. The van der Waals surface area contributed by atoms with Crippen molar-refractivity contribution in [2.45, 2.75) is 27.2 Å². The Balaban J connectivity index is 0.000000293. The molecule has 0 fully saturated rings. The van der Waals surface area contributed by atoms with Crippen LogP contribution in [-0.4, -0.2) is 29.0 Å². The smallest absolute Gasteiger partial charge is 0.0797 e. The number of halogens is 1. The summed E-state index contributed by atoms with van der Waals surface area (Å²) >= 11 is 7.22. The van der Waals surface area contributed by atoms with Crippen LogP contribution in [0.4, 0.5) is 0 Å². The molecule has 1 heterocycles. The van der Waals surface area contributed by atoms with Gasteiger partial charge in [0, 0.05) is 23.8 Å². The molecule has 1 aromatic heterocycles. The fourth-order valence-electron chi connectivity index (χ4n) is 0.991. The van der Waals surface area contributed by atoms with Crippen molar-refractivity contribution in [3.63, 3.8) is 0 Å². The molecule has 4 nitrogen and oxygen atoms in total. The van der Waals surface area contributed by atoms with Gasteiger partial charge in [-0.25, -0.2) is 4.98 Å². The third kappa shape index (κ3) is 6.02. The summed E-state index contributed by atoms with van der Waals surface area (Å²) in [5.41, 5.74) is 2.98. The van der Waals surface area contributed by atoms with E-state index in [0.29, 0.717) is 19.0 Å². The molecule has 0 unspecified atom stereocenters. The fraction of sp³-hybridized carbons (Fsp3) is 0.700. The Morgan fingerprint density at radius 3 is 2.38 bits per heavy atom. The van der Waals surface area contributed by atoms with Crippen LogP contribution in [0.2, 0.25) is 0 Å². The normalized spacial score (nSPS) is 9.25. The van der Waals surface area contributed by atoms with E-state index in [1.807, 2.05) is 26.3 Å². The van der Waals surface area contributed by atoms with Crippen molar-refractivity contribution in [3.8, 4) is 0 Å². The molecule has 0 saturated carbocycles. The van der Waals surface area contributed by atoms with Crippen LogP contribution in [-0.2, 0) is 6.42 Å². The van der Waals surface area contributed by atoms with Crippen LogP contribution in [0.1, 0.15) is 24.4 Å². The summed E-state index contributed by atoms with van der Waals surface area (Å²) in [5.74, 6) is 0.697.